The molecule has 162 valence electrons. The minimum Gasteiger partial charge on any atom is -0.327 e. The average molecular weight is 456 g/mol. The van der Waals surface area contributed by atoms with Gasteiger partial charge >= 0.3 is 0 Å². The van der Waals surface area contributed by atoms with E-state index in [9.17, 15) is 4.79 Å². The number of imidazole rings is 1. The van der Waals surface area contributed by atoms with Crippen molar-refractivity contribution >= 4 is 34.8 Å². The molecule has 0 spiro atoms. The number of halogens is 2. The number of carbonyl (C=O) groups excluding carboxylic acids is 1. The van der Waals surface area contributed by atoms with E-state index in [0.29, 0.717) is 22.3 Å². The topological polar surface area (TPSA) is 38.1 Å². The Hall–Kier alpha value is -2.30. The number of aryl methyl sites for hydroxylation is 1. The Labute approximate surface area is 193 Å². The number of hydrogen-bond acceptors (Lipinski definition) is 2. The predicted molar refractivity (Wildman–Crippen MR) is 128 cm³/mol. The Morgan fingerprint density at radius 1 is 1.06 bits per heavy atom. The van der Waals surface area contributed by atoms with Crippen LogP contribution in [0.3, 0.4) is 0 Å². The van der Waals surface area contributed by atoms with Gasteiger partial charge in [0.1, 0.15) is 5.82 Å². The molecule has 0 N–H and O–H groups in total. The Kier molecular flexibility index (Phi) is 6.68. The van der Waals surface area contributed by atoms with Crippen molar-refractivity contribution in [3.8, 4) is 11.4 Å². The first kappa shape index (κ1) is 21.9. The minimum absolute atomic E-state index is 0.0794. The molecule has 1 aliphatic heterocycles. The molecule has 0 aliphatic carbocycles. The van der Waals surface area contributed by atoms with Crippen molar-refractivity contribution in [3.63, 3.8) is 0 Å². The van der Waals surface area contributed by atoms with Crippen LogP contribution in [-0.2, 0) is 13.0 Å². The molecule has 0 radical (unpaired) electrons. The molecule has 2 aromatic carbocycles. The van der Waals surface area contributed by atoms with Crippen LogP contribution in [0.2, 0.25) is 10.0 Å². The summed E-state index contributed by atoms with van der Waals surface area (Å²) in [6.45, 7) is 5.61. The van der Waals surface area contributed by atoms with Crippen LogP contribution >= 0.6 is 23.2 Å². The van der Waals surface area contributed by atoms with E-state index in [-0.39, 0.29) is 5.91 Å². The molecule has 1 amide bonds. The van der Waals surface area contributed by atoms with Crippen molar-refractivity contribution in [2.45, 2.75) is 52.5 Å². The van der Waals surface area contributed by atoms with Gasteiger partial charge in [0, 0.05) is 24.3 Å². The second-order valence-corrected chi connectivity index (χ2v) is 8.93. The average Bonchev–Trinajstić information content (AvgIpc) is 2.95. The van der Waals surface area contributed by atoms with E-state index in [1.807, 2.05) is 6.07 Å². The monoisotopic (exact) mass is 455 g/mol. The van der Waals surface area contributed by atoms with Gasteiger partial charge in [0.25, 0.3) is 5.91 Å². The van der Waals surface area contributed by atoms with E-state index >= 15 is 0 Å². The minimum atomic E-state index is -0.0794. The van der Waals surface area contributed by atoms with Crippen molar-refractivity contribution in [1.82, 2.24) is 9.55 Å². The van der Waals surface area contributed by atoms with Crippen molar-refractivity contribution in [3.05, 3.63) is 69.5 Å². The highest BCUT2D eigenvalue weighted by Crippen LogP contribution is 2.31. The Morgan fingerprint density at radius 2 is 1.84 bits per heavy atom. The Bertz CT molecular complexity index is 1090. The summed E-state index contributed by atoms with van der Waals surface area (Å²) in [6.07, 6.45) is 5.02. The molecule has 0 bridgehead atoms. The maximum atomic E-state index is 13.8. The SMILES string of the molecule is CCCN(C(=O)c1nc(-c2ccc(C)cc2)n2c1CCCCC2)c1ccc(Cl)c(Cl)c1. The zero-order valence-electron chi connectivity index (χ0n) is 18.0. The molecule has 31 heavy (non-hydrogen) atoms. The predicted octanol–water partition coefficient (Wildman–Crippen LogP) is 6.95. The van der Waals surface area contributed by atoms with Gasteiger partial charge in [-0.15, -0.1) is 0 Å². The van der Waals surface area contributed by atoms with Crippen LogP contribution in [0.5, 0.6) is 0 Å². The third kappa shape index (κ3) is 4.51. The highest BCUT2D eigenvalue weighted by atomic mass is 35.5. The lowest BCUT2D eigenvalue weighted by molar-refractivity contribution is 0.0981. The van der Waals surface area contributed by atoms with Gasteiger partial charge in [0.05, 0.1) is 15.7 Å². The number of amides is 1. The summed E-state index contributed by atoms with van der Waals surface area (Å²) in [6, 6.07) is 13.7. The van der Waals surface area contributed by atoms with Crippen LogP contribution in [0.1, 0.15) is 54.4 Å². The summed E-state index contributed by atoms with van der Waals surface area (Å²) in [5.41, 5.74) is 4.59. The molecular formula is C25H27Cl2N3O. The van der Waals surface area contributed by atoms with Crippen LogP contribution in [0, 0.1) is 6.92 Å². The highest BCUT2D eigenvalue weighted by molar-refractivity contribution is 6.42. The first-order chi connectivity index (χ1) is 15.0. The third-order valence-corrected chi connectivity index (χ3v) is 6.53. The fourth-order valence-electron chi connectivity index (χ4n) is 4.17. The first-order valence-electron chi connectivity index (χ1n) is 10.9. The fraction of sp³-hybridized carbons (Fsp3) is 0.360. The molecule has 2 heterocycles. The van der Waals surface area contributed by atoms with Crippen molar-refractivity contribution in [1.29, 1.82) is 0 Å². The summed E-state index contributed by atoms with van der Waals surface area (Å²) in [5.74, 6) is 0.801. The van der Waals surface area contributed by atoms with Crippen molar-refractivity contribution in [2.24, 2.45) is 0 Å². The third-order valence-electron chi connectivity index (χ3n) is 5.79. The Balaban J connectivity index is 1.80. The molecule has 6 heteroatoms. The van der Waals surface area contributed by atoms with Gasteiger partial charge in [0.2, 0.25) is 0 Å². The molecule has 0 unspecified atom stereocenters. The second kappa shape index (κ2) is 9.46. The maximum Gasteiger partial charge on any atom is 0.278 e. The van der Waals surface area contributed by atoms with Crippen LogP contribution in [0.4, 0.5) is 5.69 Å². The number of nitrogens with zero attached hydrogens (tertiary/aromatic N) is 3. The molecule has 0 saturated heterocycles. The number of rotatable bonds is 5. The van der Waals surface area contributed by atoms with E-state index in [1.54, 1.807) is 17.0 Å². The number of benzene rings is 2. The summed E-state index contributed by atoms with van der Waals surface area (Å²) in [7, 11) is 0. The van der Waals surface area contributed by atoms with Crippen LogP contribution in [-0.4, -0.2) is 22.0 Å². The number of aromatic nitrogens is 2. The molecule has 4 rings (SSSR count). The van der Waals surface area contributed by atoms with E-state index in [2.05, 4.69) is 42.7 Å². The molecule has 1 aliphatic rings. The summed E-state index contributed by atoms with van der Waals surface area (Å²) in [4.78, 5) is 20.5. The number of carbonyl (C=O) groups is 1. The van der Waals surface area contributed by atoms with Crippen LogP contribution in [0.25, 0.3) is 11.4 Å². The molecule has 0 fully saturated rings. The van der Waals surface area contributed by atoms with E-state index in [0.717, 1.165) is 61.4 Å². The quantitative estimate of drug-likeness (QED) is 0.417. The largest absolute Gasteiger partial charge is 0.327 e. The second-order valence-electron chi connectivity index (χ2n) is 8.11. The highest BCUT2D eigenvalue weighted by Gasteiger charge is 2.28. The zero-order valence-corrected chi connectivity index (χ0v) is 19.5. The zero-order chi connectivity index (χ0) is 22.0. The molecule has 3 aromatic rings. The lowest BCUT2D eigenvalue weighted by atomic mass is 10.1. The van der Waals surface area contributed by atoms with Gasteiger partial charge < -0.3 is 9.47 Å². The number of hydrogen-bond donors (Lipinski definition) is 0. The van der Waals surface area contributed by atoms with Gasteiger partial charge in [-0.05, 0) is 50.8 Å². The van der Waals surface area contributed by atoms with Crippen molar-refractivity contribution in [2.75, 3.05) is 11.4 Å². The van der Waals surface area contributed by atoms with Crippen LogP contribution in [0.15, 0.2) is 42.5 Å². The molecule has 0 saturated carbocycles. The van der Waals surface area contributed by atoms with Crippen LogP contribution < -0.4 is 4.90 Å². The standard InChI is InChI=1S/C25H27Cl2N3O/c1-3-14-29(19-12-13-20(26)21(27)16-19)25(31)23-22-7-5-4-6-15-30(22)24(28-23)18-10-8-17(2)9-11-18/h8-13,16H,3-7,14-15H2,1-2H3. The normalized spacial score (nSPS) is 13.5. The maximum absolute atomic E-state index is 13.8. The van der Waals surface area contributed by atoms with E-state index in [4.69, 9.17) is 28.2 Å². The Morgan fingerprint density at radius 3 is 2.55 bits per heavy atom. The molecular weight excluding hydrogens is 429 g/mol. The van der Waals surface area contributed by atoms with Crippen molar-refractivity contribution < 1.29 is 4.79 Å². The smallest absolute Gasteiger partial charge is 0.278 e. The van der Waals surface area contributed by atoms with Gasteiger partial charge in [-0.2, -0.15) is 0 Å². The summed E-state index contributed by atoms with van der Waals surface area (Å²) in [5, 5.41) is 0.920. The molecule has 4 nitrogen and oxygen atoms in total. The lowest BCUT2D eigenvalue weighted by Crippen LogP contribution is -2.32. The van der Waals surface area contributed by atoms with Gasteiger partial charge in [0.15, 0.2) is 5.69 Å². The van der Waals surface area contributed by atoms with Gasteiger partial charge in [-0.3, -0.25) is 4.79 Å². The lowest BCUT2D eigenvalue weighted by Gasteiger charge is -2.22. The van der Waals surface area contributed by atoms with Gasteiger partial charge in [-0.25, -0.2) is 4.98 Å². The number of anilines is 1. The fourth-order valence-corrected chi connectivity index (χ4v) is 4.46. The first-order valence-corrected chi connectivity index (χ1v) is 11.7. The molecule has 0 atom stereocenters. The van der Waals surface area contributed by atoms with E-state index < -0.39 is 0 Å². The van der Waals surface area contributed by atoms with Gasteiger partial charge in [-0.1, -0.05) is 66.4 Å². The van der Waals surface area contributed by atoms with E-state index in [1.165, 1.54) is 5.56 Å². The number of fused-ring (bicyclic) bond motifs is 1. The summed E-state index contributed by atoms with van der Waals surface area (Å²) < 4.78 is 2.25. The summed E-state index contributed by atoms with van der Waals surface area (Å²) >= 11 is 12.4. The molecule has 1 aromatic heterocycles.